The summed E-state index contributed by atoms with van der Waals surface area (Å²) >= 11 is 0. The second kappa shape index (κ2) is 5.12. The molecular weight excluding hydrogens is 204 g/mol. The van der Waals surface area contributed by atoms with Crippen molar-refractivity contribution < 1.29 is 4.79 Å². The van der Waals surface area contributed by atoms with Gasteiger partial charge < -0.3 is 14.8 Å². The second-order valence-corrected chi connectivity index (χ2v) is 4.25. The van der Waals surface area contributed by atoms with Crippen LogP contribution in [0.3, 0.4) is 0 Å². The fourth-order valence-corrected chi connectivity index (χ4v) is 1.96. The molecule has 2 rings (SSSR count). The van der Waals surface area contributed by atoms with Crippen molar-refractivity contribution in [2.75, 3.05) is 19.6 Å². The highest BCUT2D eigenvalue weighted by Gasteiger charge is 2.19. The second-order valence-electron chi connectivity index (χ2n) is 4.25. The van der Waals surface area contributed by atoms with Crippen molar-refractivity contribution in [1.82, 2.24) is 19.8 Å². The predicted octanol–water partition coefficient (Wildman–Crippen LogP) is 0.0935. The summed E-state index contributed by atoms with van der Waals surface area (Å²) in [5, 5.41) is 3.33. The molecule has 1 aliphatic rings. The molecule has 1 aromatic rings. The summed E-state index contributed by atoms with van der Waals surface area (Å²) in [5.41, 5.74) is 0. The van der Waals surface area contributed by atoms with Crippen LogP contribution < -0.4 is 5.32 Å². The minimum absolute atomic E-state index is 0.238. The standard InChI is InChI=1S/C11H18N4O/c1-10-8-15(7-4-13-10)11(16)2-5-14-6-3-12-9-14/h3,6,9-10,13H,2,4-5,7-8H2,1H3. The van der Waals surface area contributed by atoms with Crippen molar-refractivity contribution in [3.05, 3.63) is 18.7 Å². The van der Waals surface area contributed by atoms with Crippen LogP contribution in [0.25, 0.3) is 0 Å². The van der Waals surface area contributed by atoms with Gasteiger partial charge in [0.2, 0.25) is 5.91 Å². The van der Waals surface area contributed by atoms with Crippen LogP contribution >= 0.6 is 0 Å². The number of piperazine rings is 1. The Kier molecular flexibility index (Phi) is 3.56. The normalized spacial score (nSPS) is 21.1. The van der Waals surface area contributed by atoms with E-state index in [0.29, 0.717) is 12.5 Å². The minimum atomic E-state index is 0.238. The number of nitrogens with zero attached hydrogens (tertiary/aromatic N) is 3. The van der Waals surface area contributed by atoms with Crippen LogP contribution in [0.15, 0.2) is 18.7 Å². The molecular formula is C11H18N4O. The lowest BCUT2D eigenvalue weighted by atomic mass is 10.2. The van der Waals surface area contributed by atoms with Gasteiger partial charge in [0, 0.05) is 51.0 Å². The lowest BCUT2D eigenvalue weighted by molar-refractivity contribution is -0.132. The summed E-state index contributed by atoms with van der Waals surface area (Å²) in [6.07, 6.45) is 5.92. The predicted molar refractivity (Wildman–Crippen MR) is 60.9 cm³/mol. The van der Waals surface area contributed by atoms with Gasteiger partial charge in [-0.15, -0.1) is 0 Å². The minimum Gasteiger partial charge on any atom is -0.340 e. The van der Waals surface area contributed by atoms with Crippen LogP contribution in [0.5, 0.6) is 0 Å². The van der Waals surface area contributed by atoms with Crippen molar-refractivity contribution in [2.24, 2.45) is 0 Å². The van der Waals surface area contributed by atoms with Crippen molar-refractivity contribution in [1.29, 1.82) is 0 Å². The average molecular weight is 222 g/mol. The number of carbonyl (C=O) groups is 1. The maximum Gasteiger partial charge on any atom is 0.224 e. The van der Waals surface area contributed by atoms with Crippen molar-refractivity contribution in [3.8, 4) is 0 Å². The molecule has 5 nitrogen and oxygen atoms in total. The zero-order valence-electron chi connectivity index (χ0n) is 9.59. The van der Waals surface area contributed by atoms with Gasteiger partial charge in [-0.25, -0.2) is 4.98 Å². The van der Waals surface area contributed by atoms with Gasteiger partial charge in [-0.05, 0) is 6.92 Å². The third-order valence-electron chi connectivity index (χ3n) is 2.86. The first-order valence-corrected chi connectivity index (χ1v) is 5.72. The van der Waals surface area contributed by atoms with Crippen molar-refractivity contribution in [3.63, 3.8) is 0 Å². The molecule has 0 aliphatic carbocycles. The highest BCUT2D eigenvalue weighted by molar-refractivity contribution is 5.76. The molecule has 1 aromatic heterocycles. The van der Waals surface area contributed by atoms with Crippen LogP contribution in [-0.4, -0.2) is 46.0 Å². The molecule has 1 fully saturated rings. The zero-order chi connectivity index (χ0) is 11.4. The Balaban J connectivity index is 1.79. The summed E-state index contributed by atoms with van der Waals surface area (Å²) < 4.78 is 1.93. The number of carbonyl (C=O) groups excluding carboxylic acids is 1. The number of hydrogen-bond acceptors (Lipinski definition) is 3. The number of imidazole rings is 1. The lowest BCUT2D eigenvalue weighted by Gasteiger charge is -2.32. The zero-order valence-corrected chi connectivity index (χ0v) is 9.59. The molecule has 88 valence electrons. The molecule has 0 spiro atoms. The number of aromatic nitrogens is 2. The molecule has 0 aromatic carbocycles. The van der Waals surface area contributed by atoms with Gasteiger partial charge in [-0.3, -0.25) is 4.79 Å². The first-order chi connectivity index (χ1) is 7.75. The number of rotatable bonds is 3. The molecule has 1 unspecified atom stereocenters. The van der Waals surface area contributed by atoms with E-state index in [1.54, 1.807) is 12.5 Å². The number of aryl methyl sites for hydroxylation is 1. The molecule has 1 amide bonds. The summed E-state index contributed by atoms with van der Waals surface area (Å²) in [5.74, 6) is 0.238. The smallest absolute Gasteiger partial charge is 0.224 e. The fourth-order valence-electron chi connectivity index (χ4n) is 1.96. The van der Waals surface area contributed by atoms with Crippen LogP contribution in [0.1, 0.15) is 13.3 Å². The quantitative estimate of drug-likeness (QED) is 0.788. The van der Waals surface area contributed by atoms with Gasteiger partial charge in [0.15, 0.2) is 0 Å². The Morgan fingerprint density at radius 3 is 3.19 bits per heavy atom. The van der Waals surface area contributed by atoms with E-state index in [0.717, 1.165) is 26.2 Å². The Hall–Kier alpha value is -1.36. The van der Waals surface area contributed by atoms with Gasteiger partial charge in [0.25, 0.3) is 0 Å². The SMILES string of the molecule is CC1CN(C(=O)CCn2ccnc2)CCN1. The molecule has 16 heavy (non-hydrogen) atoms. The van der Waals surface area contributed by atoms with Crippen LogP contribution in [0.2, 0.25) is 0 Å². The van der Waals surface area contributed by atoms with E-state index >= 15 is 0 Å². The maximum atomic E-state index is 11.9. The van der Waals surface area contributed by atoms with E-state index in [4.69, 9.17) is 0 Å². The highest BCUT2D eigenvalue weighted by atomic mass is 16.2. The number of hydrogen-bond donors (Lipinski definition) is 1. The monoisotopic (exact) mass is 222 g/mol. The Labute approximate surface area is 95.5 Å². The molecule has 2 heterocycles. The maximum absolute atomic E-state index is 11.9. The molecule has 0 radical (unpaired) electrons. The van der Waals surface area contributed by atoms with Crippen LogP contribution in [0.4, 0.5) is 0 Å². The van der Waals surface area contributed by atoms with Crippen molar-refractivity contribution >= 4 is 5.91 Å². The summed E-state index contributed by atoms with van der Waals surface area (Å²) in [4.78, 5) is 17.8. The first kappa shape index (κ1) is 11.1. The summed E-state index contributed by atoms with van der Waals surface area (Å²) in [6, 6.07) is 0.408. The fraction of sp³-hybridized carbons (Fsp3) is 0.636. The van der Waals surface area contributed by atoms with E-state index in [1.807, 2.05) is 15.7 Å². The van der Waals surface area contributed by atoms with Gasteiger partial charge >= 0.3 is 0 Å². The number of nitrogens with one attached hydrogen (secondary N) is 1. The highest BCUT2D eigenvalue weighted by Crippen LogP contribution is 2.02. The molecule has 1 N–H and O–H groups in total. The van der Waals surface area contributed by atoms with Gasteiger partial charge in [0.05, 0.1) is 6.33 Å². The van der Waals surface area contributed by atoms with E-state index in [9.17, 15) is 4.79 Å². The molecule has 1 aliphatic heterocycles. The molecule has 5 heteroatoms. The van der Waals surface area contributed by atoms with E-state index < -0.39 is 0 Å². The Bertz CT molecular complexity index is 336. The summed E-state index contributed by atoms with van der Waals surface area (Å²) in [7, 11) is 0. The first-order valence-electron chi connectivity index (χ1n) is 5.72. The van der Waals surface area contributed by atoms with Gasteiger partial charge in [-0.1, -0.05) is 0 Å². The van der Waals surface area contributed by atoms with E-state index in [2.05, 4.69) is 17.2 Å². The average Bonchev–Trinajstić information content (AvgIpc) is 2.78. The number of amides is 1. The van der Waals surface area contributed by atoms with Crippen molar-refractivity contribution in [2.45, 2.75) is 25.9 Å². The Morgan fingerprint density at radius 1 is 1.62 bits per heavy atom. The third-order valence-corrected chi connectivity index (χ3v) is 2.86. The Morgan fingerprint density at radius 2 is 2.50 bits per heavy atom. The molecule has 0 bridgehead atoms. The van der Waals surface area contributed by atoms with Crippen LogP contribution in [0, 0.1) is 0 Å². The largest absolute Gasteiger partial charge is 0.340 e. The third kappa shape index (κ3) is 2.82. The van der Waals surface area contributed by atoms with E-state index in [-0.39, 0.29) is 5.91 Å². The molecule has 0 saturated carbocycles. The summed E-state index contributed by atoms with van der Waals surface area (Å²) in [6.45, 7) is 5.38. The molecule has 1 saturated heterocycles. The van der Waals surface area contributed by atoms with Gasteiger partial charge in [0.1, 0.15) is 0 Å². The lowest BCUT2D eigenvalue weighted by Crippen LogP contribution is -2.51. The van der Waals surface area contributed by atoms with E-state index in [1.165, 1.54) is 0 Å². The van der Waals surface area contributed by atoms with Gasteiger partial charge in [-0.2, -0.15) is 0 Å². The molecule has 1 atom stereocenters. The van der Waals surface area contributed by atoms with Crippen LogP contribution in [-0.2, 0) is 11.3 Å². The topological polar surface area (TPSA) is 50.2 Å².